The Morgan fingerprint density at radius 2 is 1.85 bits per heavy atom. The minimum Gasteiger partial charge on any atom is -0.399 e. The highest BCUT2D eigenvalue weighted by molar-refractivity contribution is 6.68. The van der Waals surface area contributed by atoms with Crippen molar-refractivity contribution >= 4 is 17.2 Å². The fourth-order valence-corrected chi connectivity index (χ4v) is 1.21. The standard InChI is InChI=1S/C8H12N2O3/c1-12-9-6-4-3-5-7(11)8(6)10-13-2/h3-5H2,1-2H3/b9-6-,10-8-. The van der Waals surface area contributed by atoms with Gasteiger partial charge in [-0.2, -0.15) is 0 Å². The maximum atomic E-state index is 11.3. The van der Waals surface area contributed by atoms with Crippen LogP contribution in [-0.2, 0) is 14.5 Å². The Morgan fingerprint density at radius 1 is 1.15 bits per heavy atom. The molecule has 0 bridgehead atoms. The number of hydrogen-bond acceptors (Lipinski definition) is 5. The summed E-state index contributed by atoms with van der Waals surface area (Å²) in [6.45, 7) is 0. The van der Waals surface area contributed by atoms with E-state index in [9.17, 15) is 4.79 Å². The number of carbonyl (C=O) groups is 1. The Balaban J connectivity index is 2.87. The molecule has 1 aliphatic carbocycles. The molecule has 0 radical (unpaired) electrons. The van der Waals surface area contributed by atoms with Crippen LogP contribution in [0, 0.1) is 0 Å². The largest absolute Gasteiger partial charge is 0.399 e. The number of hydrogen-bond donors (Lipinski definition) is 0. The molecule has 5 heteroatoms. The van der Waals surface area contributed by atoms with Gasteiger partial charge in [-0.3, -0.25) is 4.79 Å². The first-order valence-corrected chi connectivity index (χ1v) is 4.04. The van der Waals surface area contributed by atoms with Crippen molar-refractivity contribution in [3.63, 3.8) is 0 Å². The van der Waals surface area contributed by atoms with E-state index < -0.39 is 0 Å². The van der Waals surface area contributed by atoms with E-state index in [4.69, 9.17) is 0 Å². The molecular formula is C8H12N2O3. The third kappa shape index (κ3) is 2.27. The van der Waals surface area contributed by atoms with Gasteiger partial charge in [0.15, 0.2) is 11.5 Å². The summed E-state index contributed by atoms with van der Waals surface area (Å²) in [5, 5.41) is 7.34. The number of carbonyl (C=O) groups excluding carboxylic acids is 1. The van der Waals surface area contributed by atoms with Crippen LogP contribution in [0.25, 0.3) is 0 Å². The lowest BCUT2D eigenvalue weighted by atomic mass is 9.95. The molecule has 0 unspecified atom stereocenters. The highest BCUT2D eigenvalue weighted by Gasteiger charge is 2.24. The van der Waals surface area contributed by atoms with Gasteiger partial charge < -0.3 is 9.68 Å². The summed E-state index contributed by atoms with van der Waals surface area (Å²) < 4.78 is 0. The molecule has 0 heterocycles. The molecule has 0 saturated heterocycles. The molecular weight excluding hydrogens is 172 g/mol. The minimum atomic E-state index is -0.0381. The lowest BCUT2D eigenvalue weighted by molar-refractivity contribution is -0.113. The summed E-state index contributed by atoms with van der Waals surface area (Å²) in [7, 11) is 2.84. The van der Waals surface area contributed by atoms with Gasteiger partial charge in [-0.05, 0) is 12.8 Å². The van der Waals surface area contributed by atoms with Gasteiger partial charge in [0.2, 0.25) is 0 Å². The van der Waals surface area contributed by atoms with Crippen molar-refractivity contribution in [3.05, 3.63) is 0 Å². The minimum absolute atomic E-state index is 0.0381. The second-order valence-corrected chi connectivity index (χ2v) is 2.62. The van der Waals surface area contributed by atoms with Gasteiger partial charge in [-0.1, -0.05) is 10.3 Å². The van der Waals surface area contributed by atoms with Gasteiger partial charge in [0.25, 0.3) is 0 Å². The first-order valence-electron chi connectivity index (χ1n) is 4.04. The van der Waals surface area contributed by atoms with E-state index >= 15 is 0 Å². The third-order valence-electron chi connectivity index (χ3n) is 1.74. The van der Waals surface area contributed by atoms with Crippen LogP contribution in [0.2, 0.25) is 0 Å². The second kappa shape index (κ2) is 4.59. The fourth-order valence-electron chi connectivity index (χ4n) is 1.21. The van der Waals surface area contributed by atoms with Crippen LogP contribution in [0.1, 0.15) is 19.3 Å². The zero-order valence-electron chi connectivity index (χ0n) is 7.74. The summed E-state index contributed by atoms with van der Waals surface area (Å²) >= 11 is 0. The quantitative estimate of drug-likeness (QED) is 0.595. The van der Waals surface area contributed by atoms with Gasteiger partial charge in [0, 0.05) is 6.42 Å². The van der Waals surface area contributed by atoms with Gasteiger partial charge >= 0.3 is 0 Å². The number of ketones is 1. The molecule has 72 valence electrons. The summed E-state index contributed by atoms with van der Waals surface area (Å²) in [6, 6.07) is 0. The zero-order valence-corrected chi connectivity index (χ0v) is 7.74. The lowest BCUT2D eigenvalue weighted by Gasteiger charge is -2.12. The first kappa shape index (κ1) is 9.70. The molecule has 13 heavy (non-hydrogen) atoms. The van der Waals surface area contributed by atoms with E-state index in [-0.39, 0.29) is 11.5 Å². The predicted octanol–water partition coefficient (Wildman–Crippen LogP) is 0.744. The van der Waals surface area contributed by atoms with Crippen LogP contribution in [-0.4, -0.2) is 31.4 Å². The second-order valence-electron chi connectivity index (χ2n) is 2.62. The SMILES string of the molecule is CO/N=C1/CCCC(=O)/C1=N\OC. The van der Waals surface area contributed by atoms with E-state index in [0.29, 0.717) is 18.6 Å². The molecule has 5 nitrogen and oxygen atoms in total. The van der Waals surface area contributed by atoms with E-state index in [0.717, 1.165) is 6.42 Å². The van der Waals surface area contributed by atoms with Gasteiger partial charge in [0.1, 0.15) is 19.9 Å². The molecule has 0 aromatic rings. The predicted molar refractivity (Wildman–Crippen MR) is 47.7 cm³/mol. The van der Waals surface area contributed by atoms with Crippen molar-refractivity contribution in [1.29, 1.82) is 0 Å². The topological polar surface area (TPSA) is 60.2 Å². The van der Waals surface area contributed by atoms with Gasteiger partial charge in [0.05, 0.1) is 0 Å². The molecule has 0 amide bonds. The maximum absolute atomic E-state index is 11.3. The number of rotatable bonds is 2. The molecule has 0 atom stereocenters. The highest BCUT2D eigenvalue weighted by atomic mass is 16.6. The maximum Gasteiger partial charge on any atom is 0.186 e. The smallest absolute Gasteiger partial charge is 0.186 e. The van der Waals surface area contributed by atoms with E-state index in [2.05, 4.69) is 20.0 Å². The molecule has 0 spiro atoms. The molecule has 1 saturated carbocycles. The van der Waals surface area contributed by atoms with E-state index in [1.165, 1.54) is 14.2 Å². The van der Waals surface area contributed by atoms with Crippen molar-refractivity contribution in [3.8, 4) is 0 Å². The summed E-state index contributed by atoms with van der Waals surface area (Å²) in [5.41, 5.74) is 0.858. The Kier molecular flexibility index (Phi) is 3.42. The van der Waals surface area contributed by atoms with Crippen molar-refractivity contribution in [2.24, 2.45) is 10.3 Å². The van der Waals surface area contributed by atoms with Gasteiger partial charge in [-0.25, -0.2) is 0 Å². The monoisotopic (exact) mass is 184 g/mol. The lowest BCUT2D eigenvalue weighted by Crippen LogP contribution is -2.29. The average molecular weight is 184 g/mol. The van der Waals surface area contributed by atoms with Crippen LogP contribution in [0.3, 0.4) is 0 Å². The van der Waals surface area contributed by atoms with Crippen molar-refractivity contribution in [1.82, 2.24) is 0 Å². The summed E-state index contributed by atoms with van der Waals surface area (Å²) in [6.07, 6.45) is 2.01. The number of oxime groups is 2. The Bertz CT molecular complexity index is 258. The fraction of sp³-hybridized carbons (Fsp3) is 0.625. The van der Waals surface area contributed by atoms with Crippen LogP contribution >= 0.6 is 0 Å². The molecule has 1 rings (SSSR count). The molecule has 0 aromatic heterocycles. The van der Waals surface area contributed by atoms with Crippen LogP contribution in [0.4, 0.5) is 0 Å². The molecule has 0 aliphatic heterocycles. The van der Waals surface area contributed by atoms with Crippen molar-refractivity contribution < 1.29 is 14.5 Å². The first-order chi connectivity index (χ1) is 6.29. The molecule has 1 fully saturated rings. The Morgan fingerprint density at radius 3 is 2.46 bits per heavy atom. The Hall–Kier alpha value is -1.39. The van der Waals surface area contributed by atoms with E-state index in [1.54, 1.807) is 0 Å². The molecule has 1 aliphatic rings. The number of nitrogens with zero attached hydrogens (tertiary/aromatic N) is 2. The zero-order chi connectivity index (χ0) is 9.68. The third-order valence-corrected chi connectivity index (χ3v) is 1.74. The highest BCUT2D eigenvalue weighted by Crippen LogP contribution is 2.10. The van der Waals surface area contributed by atoms with Gasteiger partial charge in [-0.15, -0.1) is 0 Å². The van der Waals surface area contributed by atoms with Crippen LogP contribution in [0.5, 0.6) is 0 Å². The normalized spacial score (nSPS) is 23.7. The Labute approximate surface area is 76.4 Å². The van der Waals surface area contributed by atoms with E-state index in [1.807, 2.05) is 0 Å². The molecule has 0 N–H and O–H groups in total. The summed E-state index contributed by atoms with van der Waals surface area (Å²) in [4.78, 5) is 20.5. The van der Waals surface area contributed by atoms with Crippen molar-refractivity contribution in [2.75, 3.05) is 14.2 Å². The van der Waals surface area contributed by atoms with Crippen LogP contribution < -0.4 is 0 Å². The number of Topliss-reactive ketones (excluding diaryl/α,β-unsaturated/α-hetero) is 1. The van der Waals surface area contributed by atoms with Crippen molar-refractivity contribution in [2.45, 2.75) is 19.3 Å². The average Bonchev–Trinajstić information content (AvgIpc) is 2.11. The summed E-state index contributed by atoms with van der Waals surface area (Å²) in [5.74, 6) is -0.0381. The van der Waals surface area contributed by atoms with Crippen LogP contribution in [0.15, 0.2) is 10.3 Å². The molecule has 0 aromatic carbocycles.